The van der Waals surface area contributed by atoms with Gasteiger partial charge in [0.1, 0.15) is 6.61 Å². The van der Waals surface area contributed by atoms with E-state index in [9.17, 15) is 13.6 Å². The molecule has 1 fully saturated rings. The molecular formula is C10H15F2IO3. The first-order valence-electron chi connectivity index (χ1n) is 5.25. The van der Waals surface area contributed by atoms with Crippen LogP contribution in [0.3, 0.4) is 0 Å². The van der Waals surface area contributed by atoms with Crippen molar-refractivity contribution in [2.75, 3.05) is 13.2 Å². The summed E-state index contributed by atoms with van der Waals surface area (Å²) in [6, 6.07) is 0. The van der Waals surface area contributed by atoms with E-state index >= 15 is 0 Å². The molecule has 0 radical (unpaired) electrons. The van der Waals surface area contributed by atoms with Crippen molar-refractivity contribution in [3.63, 3.8) is 0 Å². The van der Waals surface area contributed by atoms with Crippen LogP contribution in [0.1, 0.15) is 19.8 Å². The predicted molar refractivity (Wildman–Crippen MR) is 62.9 cm³/mol. The molecule has 1 aliphatic carbocycles. The smallest absolute Gasteiger partial charge is 0.309 e. The van der Waals surface area contributed by atoms with Gasteiger partial charge in [-0.2, -0.15) is 0 Å². The molecule has 3 nitrogen and oxygen atoms in total. The average molecular weight is 348 g/mol. The fourth-order valence-corrected chi connectivity index (χ4v) is 2.88. The molecule has 0 aromatic carbocycles. The number of hydrogen-bond acceptors (Lipinski definition) is 3. The fourth-order valence-electron chi connectivity index (χ4n) is 1.77. The minimum atomic E-state index is -2.45. The van der Waals surface area contributed by atoms with Crippen molar-refractivity contribution in [1.29, 1.82) is 0 Å². The SMILES string of the molecule is CCOC(=O)C1CC(I)C(OCC(F)F)C1. The summed E-state index contributed by atoms with van der Waals surface area (Å²) < 4.78 is 34.0. The molecule has 0 aromatic rings. The van der Waals surface area contributed by atoms with Crippen molar-refractivity contribution in [1.82, 2.24) is 0 Å². The Hall–Kier alpha value is 0.0200. The van der Waals surface area contributed by atoms with Crippen molar-refractivity contribution in [3.05, 3.63) is 0 Å². The van der Waals surface area contributed by atoms with Gasteiger partial charge in [-0.15, -0.1) is 0 Å². The monoisotopic (exact) mass is 348 g/mol. The first kappa shape index (κ1) is 14.1. The van der Waals surface area contributed by atoms with Gasteiger partial charge in [-0.25, -0.2) is 8.78 Å². The third kappa shape index (κ3) is 4.12. The fraction of sp³-hybridized carbons (Fsp3) is 0.900. The number of halogens is 3. The molecule has 0 spiro atoms. The molecule has 16 heavy (non-hydrogen) atoms. The van der Waals surface area contributed by atoms with E-state index in [-0.39, 0.29) is 21.9 Å². The van der Waals surface area contributed by atoms with Gasteiger partial charge in [0, 0.05) is 3.92 Å². The van der Waals surface area contributed by atoms with Crippen LogP contribution in [0.5, 0.6) is 0 Å². The van der Waals surface area contributed by atoms with Crippen LogP contribution < -0.4 is 0 Å². The Bertz CT molecular complexity index is 238. The molecule has 0 aromatic heterocycles. The van der Waals surface area contributed by atoms with Gasteiger partial charge in [0.25, 0.3) is 6.43 Å². The van der Waals surface area contributed by atoms with Crippen LogP contribution in [-0.2, 0) is 14.3 Å². The number of esters is 1. The molecule has 1 rings (SSSR count). The number of alkyl halides is 3. The van der Waals surface area contributed by atoms with E-state index < -0.39 is 13.0 Å². The summed E-state index contributed by atoms with van der Waals surface area (Å²) in [7, 11) is 0. The first-order chi connectivity index (χ1) is 7.54. The number of hydrogen-bond donors (Lipinski definition) is 0. The second-order valence-electron chi connectivity index (χ2n) is 3.70. The van der Waals surface area contributed by atoms with Gasteiger partial charge in [0.05, 0.1) is 18.6 Å². The lowest BCUT2D eigenvalue weighted by Crippen LogP contribution is -2.21. The molecule has 0 amide bonds. The molecule has 3 unspecified atom stereocenters. The van der Waals surface area contributed by atoms with Crippen molar-refractivity contribution >= 4 is 28.6 Å². The normalized spacial score (nSPS) is 29.7. The first-order valence-corrected chi connectivity index (χ1v) is 6.49. The minimum absolute atomic E-state index is 0.103. The van der Waals surface area contributed by atoms with Gasteiger partial charge in [-0.3, -0.25) is 4.79 Å². The van der Waals surface area contributed by atoms with Gasteiger partial charge >= 0.3 is 5.97 Å². The number of rotatable bonds is 5. The van der Waals surface area contributed by atoms with Crippen molar-refractivity contribution in [2.45, 2.75) is 36.2 Å². The van der Waals surface area contributed by atoms with E-state index in [4.69, 9.17) is 9.47 Å². The highest BCUT2D eigenvalue weighted by Gasteiger charge is 2.38. The molecule has 1 saturated carbocycles. The maximum Gasteiger partial charge on any atom is 0.309 e. The lowest BCUT2D eigenvalue weighted by molar-refractivity contribution is -0.148. The van der Waals surface area contributed by atoms with Crippen LogP contribution in [0.2, 0.25) is 0 Å². The molecule has 0 bridgehead atoms. The Balaban J connectivity index is 2.37. The summed E-state index contributed by atoms with van der Waals surface area (Å²) in [6.45, 7) is 1.54. The van der Waals surface area contributed by atoms with Crippen LogP contribution in [0.4, 0.5) is 8.78 Å². The van der Waals surface area contributed by atoms with Crippen LogP contribution in [0.15, 0.2) is 0 Å². The quantitative estimate of drug-likeness (QED) is 0.435. The van der Waals surface area contributed by atoms with Gasteiger partial charge in [-0.05, 0) is 19.8 Å². The van der Waals surface area contributed by atoms with E-state index in [0.717, 1.165) is 0 Å². The predicted octanol–water partition coefficient (Wildman–Crippen LogP) is 2.41. The zero-order chi connectivity index (χ0) is 12.1. The Morgan fingerprint density at radius 1 is 1.50 bits per heavy atom. The summed E-state index contributed by atoms with van der Waals surface area (Å²) in [5.41, 5.74) is 0. The highest BCUT2D eigenvalue weighted by atomic mass is 127. The van der Waals surface area contributed by atoms with Gasteiger partial charge in [0.15, 0.2) is 0 Å². The molecule has 94 valence electrons. The lowest BCUT2D eigenvalue weighted by Gasteiger charge is -2.14. The largest absolute Gasteiger partial charge is 0.466 e. The zero-order valence-electron chi connectivity index (χ0n) is 9.00. The zero-order valence-corrected chi connectivity index (χ0v) is 11.2. The number of carbonyl (C=O) groups is 1. The van der Waals surface area contributed by atoms with Crippen molar-refractivity contribution in [3.8, 4) is 0 Å². The van der Waals surface area contributed by atoms with E-state index in [1.54, 1.807) is 6.92 Å². The minimum Gasteiger partial charge on any atom is -0.466 e. The Morgan fingerprint density at radius 3 is 2.75 bits per heavy atom. The highest BCUT2D eigenvalue weighted by molar-refractivity contribution is 14.1. The van der Waals surface area contributed by atoms with Crippen LogP contribution in [-0.4, -0.2) is 35.6 Å². The van der Waals surface area contributed by atoms with Gasteiger partial charge in [0.2, 0.25) is 0 Å². The third-order valence-corrected chi connectivity index (χ3v) is 3.80. The summed E-state index contributed by atoms with van der Waals surface area (Å²) in [5, 5.41) is 0. The summed E-state index contributed by atoms with van der Waals surface area (Å²) >= 11 is 2.14. The molecule has 0 heterocycles. The Morgan fingerprint density at radius 2 is 2.19 bits per heavy atom. The number of carbonyl (C=O) groups excluding carboxylic acids is 1. The Labute approximate surface area is 107 Å². The maximum atomic E-state index is 12.0. The highest BCUT2D eigenvalue weighted by Crippen LogP contribution is 2.34. The molecule has 0 N–H and O–H groups in total. The lowest BCUT2D eigenvalue weighted by atomic mass is 10.1. The molecular weight excluding hydrogens is 333 g/mol. The molecule has 3 atom stereocenters. The summed E-state index contributed by atoms with van der Waals surface area (Å²) in [5.74, 6) is -0.447. The second-order valence-corrected chi connectivity index (χ2v) is 5.30. The molecule has 0 aliphatic heterocycles. The van der Waals surface area contributed by atoms with Crippen LogP contribution >= 0.6 is 22.6 Å². The van der Waals surface area contributed by atoms with Crippen LogP contribution in [0.25, 0.3) is 0 Å². The number of ether oxygens (including phenoxy) is 2. The maximum absolute atomic E-state index is 12.0. The topological polar surface area (TPSA) is 35.5 Å². The van der Waals surface area contributed by atoms with E-state index in [1.165, 1.54) is 0 Å². The average Bonchev–Trinajstić information content (AvgIpc) is 2.57. The van der Waals surface area contributed by atoms with Gasteiger partial charge in [-0.1, -0.05) is 22.6 Å². The van der Waals surface area contributed by atoms with E-state index in [2.05, 4.69) is 22.6 Å². The molecule has 6 heteroatoms. The molecule has 0 saturated heterocycles. The standard InChI is InChI=1S/C10H15F2IO3/c1-2-15-10(14)6-3-7(13)8(4-6)16-5-9(11)12/h6-9H,2-5H2,1H3. The summed E-state index contributed by atoms with van der Waals surface area (Å²) in [4.78, 5) is 11.4. The van der Waals surface area contributed by atoms with E-state index in [1.807, 2.05) is 0 Å². The Kier molecular flexibility index (Phi) is 5.88. The third-order valence-electron chi connectivity index (χ3n) is 2.49. The summed E-state index contributed by atoms with van der Waals surface area (Å²) in [6.07, 6.45) is -1.58. The van der Waals surface area contributed by atoms with Crippen molar-refractivity contribution < 1.29 is 23.0 Å². The second kappa shape index (κ2) is 6.68. The van der Waals surface area contributed by atoms with Crippen molar-refractivity contribution in [2.24, 2.45) is 5.92 Å². The van der Waals surface area contributed by atoms with Gasteiger partial charge < -0.3 is 9.47 Å². The molecule has 1 aliphatic rings. The van der Waals surface area contributed by atoms with Crippen LogP contribution in [0, 0.1) is 5.92 Å². The van der Waals surface area contributed by atoms with E-state index in [0.29, 0.717) is 19.4 Å².